The third kappa shape index (κ3) is 3.90. The van der Waals surface area contributed by atoms with Crippen LogP contribution in [0, 0.1) is 0 Å². The highest BCUT2D eigenvalue weighted by Gasteiger charge is 2.10. The van der Waals surface area contributed by atoms with Crippen LogP contribution in [0.2, 0.25) is 0 Å². The number of anilines is 1. The molecule has 1 N–H and O–H groups in total. The first kappa shape index (κ1) is 16.0. The minimum absolute atomic E-state index is 0.0275. The number of thiazole rings is 1. The first-order valence-corrected chi connectivity index (χ1v) is 7.92. The standard InChI is InChI=1S/C14H14N6O3S/c1-23-13(22)5-3-9-2-4-10-11(6-9)24-14(17-10)18-12(21)7-20-16-8-15-19-20/h2,4,6,8H,3,5,7H2,1H3,(H,17,18,21). The zero-order valence-corrected chi connectivity index (χ0v) is 13.6. The molecular weight excluding hydrogens is 332 g/mol. The molecule has 124 valence electrons. The zero-order valence-electron chi connectivity index (χ0n) is 12.8. The van der Waals surface area contributed by atoms with E-state index in [1.165, 1.54) is 29.6 Å². The molecule has 0 bridgehead atoms. The largest absolute Gasteiger partial charge is 0.469 e. The number of methoxy groups -OCH3 is 1. The average molecular weight is 346 g/mol. The van der Waals surface area contributed by atoms with Crippen LogP contribution in [0.25, 0.3) is 10.2 Å². The van der Waals surface area contributed by atoms with E-state index in [0.717, 1.165) is 15.8 Å². The van der Waals surface area contributed by atoms with Crippen LogP contribution in [0.3, 0.4) is 0 Å². The molecule has 0 aliphatic heterocycles. The molecule has 0 fully saturated rings. The molecule has 3 rings (SSSR count). The van der Waals surface area contributed by atoms with E-state index in [1.54, 1.807) is 0 Å². The van der Waals surface area contributed by atoms with Gasteiger partial charge in [-0.3, -0.25) is 9.59 Å². The summed E-state index contributed by atoms with van der Waals surface area (Å²) < 4.78 is 5.57. The molecule has 0 saturated heterocycles. The number of rotatable bonds is 6. The van der Waals surface area contributed by atoms with E-state index in [1.807, 2.05) is 18.2 Å². The maximum absolute atomic E-state index is 11.9. The van der Waals surface area contributed by atoms with E-state index in [-0.39, 0.29) is 18.4 Å². The predicted molar refractivity (Wildman–Crippen MR) is 86.4 cm³/mol. The van der Waals surface area contributed by atoms with Crippen molar-refractivity contribution in [1.82, 2.24) is 25.2 Å². The molecule has 10 heteroatoms. The fourth-order valence-electron chi connectivity index (χ4n) is 2.07. The molecule has 0 spiro atoms. The van der Waals surface area contributed by atoms with Crippen molar-refractivity contribution in [3.63, 3.8) is 0 Å². The second-order valence-corrected chi connectivity index (χ2v) is 5.94. The molecule has 9 nitrogen and oxygen atoms in total. The third-order valence-electron chi connectivity index (χ3n) is 3.22. The fraction of sp³-hybridized carbons (Fsp3) is 0.286. The van der Waals surface area contributed by atoms with Crippen molar-refractivity contribution in [2.75, 3.05) is 12.4 Å². The number of hydrogen-bond acceptors (Lipinski definition) is 8. The highest BCUT2D eigenvalue weighted by atomic mass is 32.1. The van der Waals surface area contributed by atoms with E-state index in [0.29, 0.717) is 18.0 Å². The van der Waals surface area contributed by atoms with Gasteiger partial charge in [-0.2, -0.15) is 4.80 Å². The summed E-state index contributed by atoms with van der Waals surface area (Å²) >= 11 is 1.37. The predicted octanol–water partition coefficient (Wildman–Crippen LogP) is 1.03. The number of tetrazole rings is 1. The number of fused-ring (bicyclic) bond motifs is 1. The number of hydrogen-bond donors (Lipinski definition) is 1. The lowest BCUT2D eigenvalue weighted by Crippen LogP contribution is -2.20. The molecule has 0 atom stereocenters. The van der Waals surface area contributed by atoms with Crippen molar-refractivity contribution in [3.05, 3.63) is 30.1 Å². The molecule has 1 aromatic carbocycles. The summed E-state index contributed by atoms with van der Waals surface area (Å²) in [5, 5.41) is 14.2. The van der Waals surface area contributed by atoms with Crippen LogP contribution >= 0.6 is 11.3 Å². The molecule has 0 radical (unpaired) electrons. The molecule has 1 amide bonds. The van der Waals surface area contributed by atoms with Gasteiger partial charge >= 0.3 is 5.97 Å². The lowest BCUT2D eigenvalue weighted by molar-refractivity contribution is -0.140. The topological polar surface area (TPSA) is 112 Å². The third-order valence-corrected chi connectivity index (χ3v) is 4.15. The Morgan fingerprint density at radius 1 is 1.38 bits per heavy atom. The van der Waals surface area contributed by atoms with Crippen LogP contribution < -0.4 is 5.32 Å². The number of ether oxygens (including phenoxy) is 1. The Bertz CT molecular complexity index is 861. The van der Waals surface area contributed by atoms with E-state index in [9.17, 15) is 9.59 Å². The maximum Gasteiger partial charge on any atom is 0.305 e. The first-order chi connectivity index (χ1) is 11.6. The van der Waals surface area contributed by atoms with Gasteiger partial charge in [-0.05, 0) is 29.3 Å². The number of esters is 1. The normalized spacial score (nSPS) is 10.7. The number of carbonyl (C=O) groups excluding carboxylic acids is 2. The van der Waals surface area contributed by atoms with Gasteiger partial charge in [-0.1, -0.05) is 17.4 Å². The van der Waals surface area contributed by atoms with Gasteiger partial charge in [0, 0.05) is 6.42 Å². The smallest absolute Gasteiger partial charge is 0.305 e. The van der Waals surface area contributed by atoms with Crippen molar-refractivity contribution in [2.45, 2.75) is 19.4 Å². The minimum Gasteiger partial charge on any atom is -0.469 e. The molecule has 2 aromatic heterocycles. The number of nitrogens with one attached hydrogen (secondary N) is 1. The summed E-state index contributed by atoms with van der Waals surface area (Å²) in [6.45, 7) is -0.0275. The van der Waals surface area contributed by atoms with Crippen LogP contribution in [0.5, 0.6) is 0 Å². The zero-order chi connectivity index (χ0) is 16.9. The lowest BCUT2D eigenvalue weighted by Gasteiger charge is -2.00. The number of amides is 1. The summed E-state index contributed by atoms with van der Waals surface area (Å²) in [7, 11) is 1.37. The summed E-state index contributed by atoms with van der Waals surface area (Å²) in [6, 6.07) is 5.74. The van der Waals surface area contributed by atoms with Crippen molar-refractivity contribution in [1.29, 1.82) is 0 Å². The van der Waals surface area contributed by atoms with Crippen LogP contribution in [0.4, 0.5) is 5.13 Å². The molecule has 2 heterocycles. The molecule has 0 unspecified atom stereocenters. The fourth-order valence-corrected chi connectivity index (χ4v) is 3.02. The SMILES string of the molecule is COC(=O)CCc1ccc2nc(NC(=O)Cn3ncnn3)sc2c1. The van der Waals surface area contributed by atoms with Gasteiger partial charge in [0.15, 0.2) is 11.5 Å². The Balaban J connectivity index is 1.67. The first-order valence-electron chi connectivity index (χ1n) is 7.11. The number of aromatic nitrogens is 5. The molecule has 0 aliphatic carbocycles. The summed E-state index contributed by atoms with van der Waals surface area (Å²) in [5.41, 5.74) is 1.80. The van der Waals surface area contributed by atoms with Crippen LogP contribution in [0.1, 0.15) is 12.0 Å². The Kier molecular flexibility index (Phi) is 4.75. The second kappa shape index (κ2) is 7.13. The highest BCUT2D eigenvalue weighted by molar-refractivity contribution is 7.22. The average Bonchev–Trinajstić information content (AvgIpc) is 3.20. The van der Waals surface area contributed by atoms with Crippen molar-refractivity contribution < 1.29 is 14.3 Å². The van der Waals surface area contributed by atoms with Gasteiger partial charge in [0.1, 0.15) is 6.54 Å². The molecule has 24 heavy (non-hydrogen) atoms. The summed E-state index contributed by atoms with van der Waals surface area (Å²) in [4.78, 5) is 28.7. The highest BCUT2D eigenvalue weighted by Crippen LogP contribution is 2.27. The van der Waals surface area contributed by atoms with Crippen molar-refractivity contribution in [2.24, 2.45) is 0 Å². The summed E-state index contributed by atoms with van der Waals surface area (Å²) in [5.74, 6) is -0.521. The number of aryl methyl sites for hydroxylation is 1. The van der Waals surface area contributed by atoms with Crippen LogP contribution in [-0.2, 0) is 27.3 Å². The molecule has 3 aromatic rings. The van der Waals surface area contributed by atoms with E-state index >= 15 is 0 Å². The Hall–Kier alpha value is -2.88. The van der Waals surface area contributed by atoms with Crippen LogP contribution in [-0.4, -0.2) is 44.2 Å². The Labute approximate surface area is 140 Å². The van der Waals surface area contributed by atoms with Gasteiger partial charge in [-0.25, -0.2) is 4.98 Å². The number of nitrogens with zero attached hydrogens (tertiary/aromatic N) is 5. The molecular formula is C14H14N6O3S. The quantitative estimate of drug-likeness (QED) is 0.663. The van der Waals surface area contributed by atoms with Gasteiger partial charge in [0.25, 0.3) is 0 Å². The van der Waals surface area contributed by atoms with Gasteiger partial charge in [-0.15, -0.1) is 10.2 Å². The van der Waals surface area contributed by atoms with Crippen molar-refractivity contribution in [3.8, 4) is 0 Å². The Morgan fingerprint density at radius 3 is 3.00 bits per heavy atom. The number of carbonyl (C=O) groups is 2. The molecule has 0 aliphatic rings. The Morgan fingerprint density at radius 2 is 2.25 bits per heavy atom. The van der Waals surface area contributed by atoms with Gasteiger partial charge in [0.05, 0.1) is 17.3 Å². The number of benzene rings is 1. The monoisotopic (exact) mass is 346 g/mol. The van der Waals surface area contributed by atoms with Gasteiger partial charge < -0.3 is 10.1 Å². The van der Waals surface area contributed by atoms with Crippen molar-refractivity contribution >= 4 is 38.6 Å². The minimum atomic E-state index is -0.280. The van der Waals surface area contributed by atoms with Crippen LogP contribution in [0.15, 0.2) is 24.5 Å². The van der Waals surface area contributed by atoms with E-state index < -0.39 is 0 Å². The summed E-state index contributed by atoms with van der Waals surface area (Å²) in [6.07, 6.45) is 2.19. The lowest BCUT2D eigenvalue weighted by atomic mass is 10.1. The molecule has 0 saturated carbocycles. The second-order valence-electron chi connectivity index (χ2n) is 4.91. The van der Waals surface area contributed by atoms with E-state index in [4.69, 9.17) is 0 Å². The van der Waals surface area contributed by atoms with Gasteiger partial charge in [0.2, 0.25) is 5.91 Å². The van der Waals surface area contributed by atoms with E-state index in [2.05, 4.69) is 30.4 Å². The maximum atomic E-state index is 11.9.